The Morgan fingerprint density at radius 2 is 1.90 bits per heavy atom. The Bertz CT molecular complexity index is 1400. The van der Waals surface area contributed by atoms with Crippen LogP contribution in [0.3, 0.4) is 0 Å². The molecule has 5 aromatic rings. The van der Waals surface area contributed by atoms with E-state index in [0.717, 1.165) is 0 Å². The van der Waals surface area contributed by atoms with Crippen molar-refractivity contribution < 1.29 is 0 Å². The van der Waals surface area contributed by atoms with E-state index >= 15 is 0 Å². The van der Waals surface area contributed by atoms with Crippen LogP contribution in [0.25, 0.3) is 22.7 Å². The van der Waals surface area contributed by atoms with Gasteiger partial charge in [0.2, 0.25) is 0 Å². The van der Waals surface area contributed by atoms with Crippen LogP contribution in [-0.4, -0.2) is 34.3 Å². The van der Waals surface area contributed by atoms with Crippen LogP contribution >= 0.6 is 23.2 Å². The number of nitrogens with two attached hydrogens (primary N) is 1. The Balaban J connectivity index is 1.59. The first-order valence-corrected chi connectivity index (χ1v) is 9.97. The lowest BCUT2D eigenvalue weighted by atomic mass is 10.3. The van der Waals surface area contributed by atoms with Gasteiger partial charge in [0.25, 0.3) is 0 Å². The number of rotatable bonds is 4. The Morgan fingerprint density at radius 3 is 2.74 bits per heavy atom. The van der Waals surface area contributed by atoms with Crippen molar-refractivity contribution >= 4 is 46.3 Å². The third-order valence-electron chi connectivity index (χ3n) is 4.51. The molecule has 0 aliphatic carbocycles. The summed E-state index contributed by atoms with van der Waals surface area (Å²) in [4.78, 5) is 13.3. The molecule has 0 saturated carbocycles. The summed E-state index contributed by atoms with van der Waals surface area (Å²) in [5, 5.41) is 13.1. The number of aromatic nitrogens is 7. The highest BCUT2D eigenvalue weighted by Gasteiger charge is 2.19. The first-order valence-electron chi connectivity index (χ1n) is 9.22. The lowest BCUT2D eigenvalue weighted by molar-refractivity contribution is 0.884. The molecule has 0 aliphatic rings. The molecule has 0 amide bonds. The Kier molecular flexibility index (Phi) is 4.68. The van der Waals surface area contributed by atoms with Gasteiger partial charge >= 0.3 is 0 Å². The average Bonchev–Trinajstić information content (AvgIpc) is 3.33. The number of nitrogens with one attached hydrogen (secondary N) is 1. The minimum Gasteiger partial charge on any atom is -0.384 e. The summed E-state index contributed by atoms with van der Waals surface area (Å²) in [7, 11) is 0. The third kappa shape index (κ3) is 3.54. The van der Waals surface area contributed by atoms with Gasteiger partial charge in [-0.1, -0.05) is 29.3 Å². The summed E-state index contributed by atoms with van der Waals surface area (Å²) < 4.78 is 3.32. The second-order valence-corrected chi connectivity index (χ2v) is 7.46. The highest BCUT2D eigenvalue weighted by Crippen LogP contribution is 2.31. The monoisotopic (exact) mass is 451 g/mol. The second-order valence-electron chi connectivity index (χ2n) is 6.67. The number of nitrogens with zero attached hydrogens (tertiary/aromatic N) is 7. The van der Waals surface area contributed by atoms with Crippen LogP contribution in [0.1, 0.15) is 5.82 Å². The van der Waals surface area contributed by atoms with E-state index in [1.165, 1.54) is 0 Å². The molecular weight excluding hydrogens is 437 g/mol. The molecule has 0 fully saturated rings. The standard InChI is InChI=1S/C20H15Cl2N9/c1-11-25-13(10-15(23)26-11)19-20(28-17-6-3-8-24-31(17)19)27-16-7-9-30(29-16)14-5-2-4-12(21)18(14)22/h2-10H,1H3,(H,27,29)(H2,23,25,26). The van der Waals surface area contributed by atoms with Gasteiger partial charge in [-0.2, -0.15) is 10.2 Å². The number of anilines is 3. The summed E-state index contributed by atoms with van der Waals surface area (Å²) in [6, 6.07) is 12.5. The quantitative estimate of drug-likeness (QED) is 0.418. The molecule has 0 aliphatic heterocycles. The van der Waals surface area contributed by atoms with E-state index in [9.17, 15) is 0 Å². The molecule has 31 heavy (non-hydrogen) atoms. The van der Waals surface area contributed by atoms with E-state index in [-0.39, 0.29) is 0 Å². The van der Waals surface area contributed by atoms with Gasteiger partial charge in [0.15, 0.2) is 17.3 Å². The fourth-order valence-electron chi connectivity index (χ4n) is 3.23. The summed E-state index contributed by atoms with van der Waals surface area (Å²) >= 11 is 12.5. The number of aryl methyl sites for hydroxylation is 1. The minimum absolute atomic E-state index is 0.360. The zero-order valence-electron chi connectivity index (χ0n) is 16.2. The normalized spacial score (nSPS) is 11.2. The maximum absolute atomic E-state index is 6.32. The first kappa shape index (κ1) is 19.3. The van der Waals surface area contributed by atoms with Crippen LogP contribution in [0.2, 0.25) is 10.0 Å². The second kappa shape index (κ2) is 7.53. The number of nitrogen functional groups attached to an aromatic ring is 1. The van der Waals surface area contributed by atoms with Crippen molar-refractivity contribution in [2.24, 2.45) is 0 Å². The number of hydrogen-bond acceptors (Lipinski definition) is 7. The predicted molar refractivity (Wildman–Crippen MR) is 120 cm³/mol. The van der Waals surface area contributed by atoms with Gasteiger partial charge in [0, 0.05) is 24.5 Å². The van der Waals surface area contributed by atoms with Crippen LogP contribution in [0.15, 0.2) is 54.9 Å². The van der Waals surface area contributed by atoms with Crippen LogP contribution in [0.5, 0.6) is 0 Å². The molecule has 9 nitrogen and oxygen atoms in total. The van der Waals surface area contributed by atoms with Gasteiger partial charge in [-0.05, 0) is 31.2 Å². The largest absolute Gasteiger partial charge is 0.384 e. The highest BCUT2D eigenvalue weighted by molar-refractivity contribution is 6.43. The number of halogens is 2. The molecule has 5 rings (SSSR count). The zero-order valence-corrected chi connectivity index (χ0v) is 17.7. The van der Waals surface area contributed by atoms with E-state index in [2.05, 4.69) is 30.5 Å². The van der Waals surface area contributed by atoms with Crippen molar-refractivity contribution in [1.29, 1.82) is 0 Å². The smallest absolute Gasteiger partial charge is 0.162 e. The molecule has 154 valence electrons. The maximum Gasteiger partial charge on any atom is 0.162 e. The number of fused-ring (bicyclic) bond motifs is 1. The van der Waals surface area contributed by atoms with Gasteiger partial charge in [-0.25, -0.2) is 24.1 Å². The van der Waals surface area contributed by atoms with Crippen LogP contribution in [0.4, 0.5) is 17.5 Å². The van der Waals surface area contributed by atoms with Gasteiger partial charge in [-0.15, -0.1) is 0 Å². The van der Waals surface area contributed by atoms with E-state index in [4.69, 9.17) is 28.9 Å². The summed E-state index contributed by atoms with van der Waals surface area (Å²) in [5.41, 5.74) is 8.49. The molecule has 0 radical (unpaired) electrons. The Morgan fingerprint density at radius 1 is 1.03 bits per heavy atom. The Hall–Kier alpha value is -3.69. The Labute approximate surface area is 186 Å². The van der Waals surface area contributed by atoms with E-state index in [1.807, 2.05) is 24.3 Å². The van der Waals surface area contributed by atoms with Crippen LogP contribution in [-0.2, 0) is 0 Å². The number of imidazole rings is 1. The van der Waals surface area contributed by atoms with E-state index < -0.39 is 0 Å². The van der Waals surface area contributed by atoms with Gasteiger partial charge < -0.3 is 11.1 Å². The topological polar surface area (TPSA) is 112 Å². The lowest BCUT2D eigenvalue weighted by Crippen LogP contribution is -2.02. The van der Waals surface area contributed by atoms with Crippen molar-refractivity contribution in [2.75, 3.05) is 11.1 Å². The molecule has 0 bridgehead atoms. The summed E-state index contributed by atoms with van der Waals surface area (Å²) in [6.45, 7) is 1.78. The predicted octanol–water partition coefficient (Wildman–Crippen LogP) is 4.31. The molecule has 3 N–H and O–H groups in total. The molecule has 0 atom stereocenters. The van der Waals surface area contributed by atoms with Gasteiger partial charge in [0.1, 0.15) is 17.3 Å². The molecule has 0 saturated heterocycles. The van der Waals surface area contributed by atoms with E-state index in [1.54, 1.807) is 46.7 Å². The molecule has 0 spiro atoms. The molecule has 1 aromatic carbocycles. The van der Waals surface area contributed by atoms with Crippen LogP contribution in [0, 0.1) is 6.92 Å². The molecule has 11 heteroatoms. The number of hydrogen-bond donors (Lipinski definition) is 2. The average molecular weight is 452 g/mol. The fourth-order valence-corrected chi connectivity index (χ4v) is 3.62. The molecule has 0 unspecified atom stereocenters. The maximum atomic E-state index is 6.32. The molecular formula is C20H15Cl2N9. The van der Waals surface area contributed by atoms with Crippen molar-refractivity contribution in [3.8, 4) is 17.1 Å². The van der Waals surface area contributed by atoms with Crippen LogP contribution < -0.4 is 11.1 Å². The van der Waals surface area contributed by atoms with E-state index in [0.29, 0.717) is 56.0 Å². The van der Waals surface area contributed by atoms with Gasteiger partial charge in [-0.3, -0.25) is 0 Å². The first-order chi connectivity index (χ1) is 15.0. The zero-order chi connectivity index (χ0) is 21.5. The van der Waals surface area contributed by atoms with Crippen molar-refractivity contribution in [3.63, 3.8) is 0 Å². The van der Waals surface area contributed by atoms with Crippen molar-refractivity contribution in [3.05, 3.63) is 70.7 Å². The SMILES string of the molecule is Cc1nc(N)cc(-c2c(Nc3ccn(-c4cccc(Cl)c4Cl)n3)nc3cccnn23)n1. The van der Waals surface area contributed by atoms with Crippen molar-refractivity contribution in [2.45, 2.75) is 6.92 Å². The minimum atomic E-state index is 0.360. The molecule has 4 heterocycles. The van der Waals surface area contributed by atoms with Gasteiger partial charge in [0.05, 0.1) is 21.4 Å². The lowest BCUT2D eigenvalue weighted by Gasteiger charge is -2.07. The molecule has 4 aromatic heterocycles. The summed E-state index contributed by atoms with van der Waals surface area (Å²) in [5.74, 6) is 1.99. The summed E-state index contributed by atoms with van der Waals surface area (Å²) in [6.07, 6.45) is 3.45. The number of benzene rings is 1. The third-order valence-corrected chi connectivity index (χ3v) is 5.32. The highest BCUT2D eigenvalue weighted by atomic mass is 35.5. The van der Waals surface area contributed by atoms with Crippen molar-refractivity contribution in [1.82, 2.24) is 34.3 Å². The fraction of sp³-hybridized carbons (Fsp3) is 0.0500.